The van der Waals surface area contributed by atoms with Crippen molar-refractivity contribution in [2.75, 3.05) is 12.4 Å². The first kappa shape index (κ1) is 9.99. The minimum atomic E-state index is 1.14. The molecule has 1 aromatic heterocycles. The highest BCUT2D eigenvalue weighted by Gasteiger charge is 1.89. The fourth-order valence-electron chi connectivity index (χ4n) is 1.33. The van der Waals surface area contributed by atoms with Crippen LogP contribution in [0.25, 0.3) is 12.2 Å². The average molecular weight is 215 g/mol. The molecule has 0 aliphatic rings. The molecule has 0 unspecified atom stereocenters. The summed E-state index contributed by atoms with van der Waals surface area (Å²) in [7, 11) is 1.93. The summed E-state index contributed by atoms with van der Waals surface area (Å²) in [5, 5.41) is 5.19. The first-order valence-electron chi connectivity index (χ1n) is 4.88. The third kappa shape index (κ3) is 2.70. The minimum Gasteiger partial charge on any atom is -0.388 e. The molecule has 2 aromatic rings. The lowest BCUT2D eigenvalue weighted by atomic mass is 10.2. The molecular weight excluding hydrogens is 202 g/mol. The molecule has 1 heterocycles. The van der Waals surface area contributed by atoms with Gasteiger partial charge in [-0.2, -0.15) is 0 Å². The molecule has 0 bridgehead atoms. The van der Waals surface area contributed by atoms with Gasteiger partial charge in [-0.25, -0.2) is 0 Å². The zero-order valence-electron chi connectivity index (χ0n) is 8.60. The SMILES string of the molecule is CNc1ccc(C=Cc2cccs2)cc1. The lowest BCUT2D eigenvalue weighted by Crippen LogP contribution is -1.86. The summed E-state index contributed by atoms with van der Waals surface area (Å²) in [4.78, 5) is 1.28. The Morgan fingerprint density at radius 1 is 1.07 bits per heavy atom. The number of nitrogens with one attached hydrogen (secondary N) is 1. The van der Waals surface area contributed by atoms with Gasteiger partial charge in [-0.3, -0.25) is 0 Å². The minimum absolute atomic E-state index is 1.14. The summed E-state index contributed by atoms with van der Waals surface area (Å²) in [5.74, 6) is 0. The second-order valence-corrected chi connectivity index (χ2v) is 4.20. The first-order chi connectivity index (χ1) is 7.38. The Kier molecular flexibility index (Phi) is 3.20. The van der Waals surface area contributed by atoms with Crippen LogP contribution < -0.4 is 5.32 Å². The van der Waals surface area contributed by atoms with Crippen molar-refractivity contribution in [3.63, 3.8) is 0 Å². The van der Waals surface area contributed by atoms with Crippen LogP contribution in [0.5, 0.6) is 0 Å². The topological polar surface area (TPSA) is 12.0 Å². The van der Waals surface area contributed by atoms with Crippen molar-refractivity contribution in [3.8, 4) is 0 Å². The van der Waals surface area contributed by atoms with Crippen molar-refractivity contribution in [3.05, 3.63) is 52.2 Å². The van der Waals surface area contributed by atoms with Crippen molar-refractivity contribution in [1.82, 2.24) is 0 Å². The summed E-state index contributed by atoms with van der Waals surface area (Å²) in [6.45, 7) is 0. The maximum absolute atomic E-state index is 3.10. The predicted octanol–water partition coefficient (Wildman–Crippen LogP) is 3.96. The lowest BCUT2D eigenvalue weighted by Gasteiger charge is -1.99. The quantitative estimate of drug-likeness (QED) is 0.817. The van der Waals surface area contributed by atoms with E-state index in [0.717, 1.165) is 5.69 Å². The van der Waals surface area contributed by atoms with Gasteiger partial charge in [0.25, 0.3) is 0 Å². The van der Waals surface area contributed by atoms with Crippen molar-refractivity contribution >= 4 is 29.2 Å². The number of rotatable bonds is 3. The van der Waals surface area contributed by atoms with Crippen LogP contribution in [0.15, 0.2) is 41.8 Å². The molecule has 0 radical (unpaired) electrons. The van der Waals surface area contributed by atoms with E-state index in [2.05, 4.69) is 59.2 Å². The van der Waals surface area contributed by atoms with Gasteiger partial charge < -0.3 is 5.32 Å². The smallest absolute Gasteiger partial charge is 0.0337 e. The summed E-state index contributed by atoms with van der Waals surface area (Å²) >= 11 is 1.75. The molecule has 1 aromatic carbocycles. The normalized spacial score (nSPS) is 10.7. The van der Waals surface area contributed by atoms with Gasteiger partial charge in [0.2, 0.25) is 0 Å². The van der Waals surface area contributed by atoms with E-state index >= 15 is 0 Å². The van der Waals surface area contributed by atoms with Gasteiger partial charge >= 0.3 is 0 Å². The van der Waals surface area contributed by atoms with Gasteiger partial charge in [-0.1, -0.05) is 24.3 Å². The molecular formula is C13H13NS. The Labute approximate surface area is 94.1 Å². The molecule has 0 saturated heterocycles. The van der Waals surface area contributed by atoms with E-state index < -0.39 is 0 Å². The van der Waals surface area contributed by atoms with Crippen LogP contribution in [0.4, 0.5) is 5.69 Å². The molecule has 0 amide bonds. The maximum atomic E-state index is 3.10. The van der Waals surface area contributed by atoms with Crippen LogP contribution in [0.1, 0.15) is 10.4 Å². The van der Waals surface area contributed by atoms with Crippen LogP contribution >= 0.6 is 11.3 Å². The van der Waals surface area contributed by atoms with E-state index in [9.17, 15) is 0 Å². The number of benzene rings is 1. The second kappa shape index (κ2) is 4.80. The van der Waals surface area contributed by atoms with E-state index in [4.69, 9.17) is 0 Å². The van der Waals surface area contributed by atoms with E-state index in [-0.39, 0.29) is 0 Å². The fourth-order valence-corrected chi connectivity index (χ4v) is 1.94. The van der Waals surface area contributed by atoms with Crippen LogP contribution in [-0.2, 0) is 0 Å². The molecule has 15 heavy (non-hydrogen) atoms. The van der Waals surface area contributed by atoms with Crippen LogP contribution in [0, 0.1) is 0 Å². The molecule has 1 nitrogen and oxygen atoms in total. The number of hydrogen-bond acceptors (Lipinski definition) is 2. The summed E-state index contributed by atoms with van der Waals surface area (Å²) in [6.07, 6.45) is 4.27. The van der Waals surface area contributed by atoms with Crippen LogP contribution in [0.2, 0.25) is 0 Å². The van der Waals surface area contributed by atoms with E-state index in [1.54, 1.807) is 11.3 Å². The molecule has 0 spiro atoms. The Morgan fingerprint density at radius 2 is 1.87 bits per heavy atom. The Hall–Kier alpha value is -1.54. The fraction of sp³-hybridized carbons (Fsp3) is 0.0769. The molecule has 0 atom stereocenters. The molecule has 2 heteroatoms. The summed E-state index contributed by atoms with van der Waals surface area (Å²) < 4.78 is 0. The predicted molar refractivity (Wildman–Crippen MR) is 69.2 cm³/mol. The Balaban J connectivity index is 2.11. The van der Waals surface area contributed by atoms with Gasteiger partial charge in [-0.15, -0.1) is 11.3 Å². The van der Waals surface area contributed by atoms with Crippen molar-refractivity contribution in [1.29, 1.82) is 0 Å². The highest BCUT2D eigenvalue weighted by Crippen LogP contribution is 2.14. The molecule has 0 aliphatic heterocycles. The van der Waals surface area contributed by atoms with Crippen LogP contribution in [-0.4, -0.2) is 7.05 Å². The van der Waals surface area contributed by atoms with Crippen molar-refractivity contribution < 1.29 is 0 Å². The third-order valence-electron chi connectivity index (χ3n) is 2.18. The average Bonchev–Trinajstić information content (AvgIpc) is 2.80. The van der Waals surface area contributed by atoms with Gasteiger partial charge in [0.05, 0.1) is 0 Å². The number of hydrogen-bond donors (Lipinski definition) is 1. The third-order valence-corrected chi connectivity index (χ3v) is 3.02. The standard InChI is InChI=1S/C13H13NS/c1-14-12-7-4-11(5-8-12)6-9-13-3-2-10-15-13/h2-10,14H,1H3. The van der Waals surface area contributed by atoms with Gasteiger partial charge in [0.15, 0.2) is 0 Å². The van der Waals surface area contributed by atoms with E-state index in [0.29, 0.717) is 0 Å². The molecule has 1 N–H and O–H groups in total. The summed E-state index contributed by atoms with van der Waals surface area (Å²) in [5.41, 5.74) is 2.37. The van der Waals surface area contributed by atoms with Crippen LogP contribution in [0.3, 0.4) is 0 Å². The van der Waals surface area contributed by atoms with Gasteiger partial charge in [0.1, 0.15) is 0 Å². The highest BCUT2D eigenvalue weighted by atomic mass is 32.1. The van der Waals surface area contributed by atoms with Gasteiger partial charge in [-0.05, 0) is 35.2 Å². The number of thiophene rings is 1. The zero-order chi connectivity index (χ0) is 10.5. The molecule has 2 rings (SSSR count). The van der Waals surface area contributed by atoms with Gasteiger partial charge in [0, 0.05) is 17.6 Å². The molecule has 76 valence electrons. The second-order valence-electron chi connectivity index (χ2n) is 3.22. The highest BCUT2D eigenvalue weighted by molar-refractivity contribution is 7.10. The van der Waals surface area contributed by atoms with Crippen molar-refractivity contribution in [2.45, 2.75) is 0 Å². The Morgan fingerprint density at radius 3 is 2.47 bits per heavy atom. The van der Waals surface area contributed by atoms with E-state index in [1.165, 1.54) is 10.4 Å². The Bertz CT molecular complexity index is 426. The zero-order valence-corrected chi connectivity index (χ0v) is 9.42. The monoisotopic (exact) mass is 215 g/mol. The van der Waals surface area contributed by atoms with E-state index in [1.807, 2.05) is 7.05 Å². The largest absolute Gasteiger partial charge is 0.388 e. The molecule has 0 saturated carbocycles. The lowest BCUT2D eigenvalue weighted by molar-refractivity contribution is 1.51. The van der Waals surface area contributed by atoms with Crippen molar-refractivity contribution in [2.24, 2.45) is 0 Å². The first-order valence-corrected chi connectivity index (χ1v) is 5.76. The molecule has 0 fully saturated rings. The molecule has 0 aliphatic carbocycles. The number of anilines is 1. The summed E-state index contributed by atoms with van der Waals surface area (Å²) in [6, 6.07) is 12.5. The maximum Gasteiger partial charge on any atom is 0.0337 e.